The van der Waals surface area contributed by atoms with E-state index in [0.717, 1.165) is 22.0 Å². The first-order valence-corrected chi connectivity index (χ1v) is 8.79. The average molecular weight is 363 g/mol. The molecule has 0 radical (unpaired) electrons. The van der Waals surface area contributed by atoms with Gasteiger partial charge in [-0.05, 0) is 35.4 Å². The molecule has 1 N–H and O–H groups in total. The van der Waals surface area contributed by atoms with E-state index in [1.54, 1.807) is 23.9 Å². The molecule has 0 aliphatic carbocycles. The Morgan fingerprint density at radius 1 is 1.04 bits per heavy atom. The van der Waals surface area contributed by atoms with Crippen molar-refractivity contribution in [1.82, 2.24) is 9.55 Å². The summed E-state index contributed by atoms with van der Waals surface area (Å²) in [5.41, 5.74) is 2.74. The summed E-state index contributed by atoms with van der Waals surface area (Å²) in [5, 5.41) is 10.9. The van der Waals surface area contributed by atoms with E-state index in [9.17, 15) is 9.50 Å². The molecule has 0 saturated heterocycles. The summed E-state index contributed by atoms with van der Waals surface area (Å²) in [6, 6.07) is 14.1. The topological polar surface area (TPSA) is 38.0 Å². The largest absolute Gasteiger partial charge is 0.390 e. The van der Waals surface area contributed by atoms with E-state index >= 15 is 0 Å². The van der Waals surface area contributed by atoms with Crippen LogP contribution in [0.25, 0.3) is 0 Å². The van der Waals surface area contributed by atoms with Gasteiger partial charge in [-0.15, -0.1) is 0 Å². The highest BCUT2D eigenvalue weighted by Crippen LogP contribution is 2.24. The van der Waals surface area contributed by atoms with Gasteiger partial charge in [-0.2, -0.15) is 0 Å². The molecule has 0 saturated carbocycles. The minimum Gasteiger partial charge on any atom is -0.390 e. The lowest BCUT2D eigenvalue weighted by Gasteiger charge is -2.08. The number of hydrogen-bond donors (Lipinski definition) is 1. The number of halogens is 2. The third-order valence-corrected chi connectivity index (χ3v) is 4.81. The number of aromatic nitrogens is 2. The molecule has 0 unspecified atom stereocenters. The number of thioether (sulfide) groups is 1. The fourth-order valence-electron chi connectivity index (χ4n) is 2.27. The van der Waals surface area contributed by atoms with Crippen LogP contribution < -0.4 is 0 Å². The van der Waals surface area contributed by atoms with Crippen molar-refractivity contribution in [3.63, 3.8) is 0 Å². The minimum atomic E-state index is -0.252. The Bertz CT molecular complexity index is 803. The lowest BCUT2D eigenvalue weighted by molar-refractivity contribution is 0.277. The van der Waals surface area contributed by atoms with Crippen molar-refractivity contribution in [2.24, 2.45) is 0 Å². The number of nitrogens with zero attached hydrogens (tertiary/aromatic N) is 2. The summed E-state index contributed by atoms with van der Waals surface area (Å²) in [5.74, 6) is 0.500. The molecule has 1 heterocycles. The molecule has 2 aromatic carbocycles. The molecule has 3 rings (SSSR count). The SMILES string of the molecule is OCc1cn(Cc2ccc(F)cc2)c(SCc2ccc(Cl)cc2)n1. The predicted molar refractivity (Wildman–Crippen MR) is 94.7 cm³/mol. The van der Waals surface area contributed by atoms with Crippen LogP contribution in [-0.4, -0.2) is 14.7 Å². The molecular weight excluding hydrogens is 347 g/mol. The first-order valence-electron chi connectivity index (χ1n) is 7.42. The van der Waals surface area contributed by atoms with Gasteiger partial charge >= 0.3 is 0 Å². The summed E-state index contributed by atoms with van der Waals surface area (Å²) in [6.07, 6.45) is 1.83. The van der Waals surface area contributed by atoms with E-state index in [0.29, 0.717) is 17.3 Å². The van der Waals surface area contributed by atoms with Gasteiger partial charge in [-0.3, -0.25) is 0 Å². The Balaban J connectivity index is 1.75. The zero-order valence-corrected chi connectivity index (χ0v) is 14.4. The van der Waals surface area contributed by atoms with Crippen molar-refractivity contribution >= 4 is 23.4 Å². The molecular formula is C18H16ClFN2OS. The summed E-state index contributed by atoms with van der Waals surface area (Å²) < 4.78 is 15.0. The Morgan fingerprint density at radius 2 is 1.71 bits per heavy atom. The molecule has 0 amide bonds. The van der Waals surface area contributed by atoms with Crippen molar-refractivity contribution in [3.05, 3.63) is 82.4 Å². The Morgan fingerprint density at radius 3 is 2.38 bits per heavy atom. The highest BCUT2D eigenvalue weighted by atomic mass is 35.5. The maximum absolute atomic E-state index is 13.0. The average Bonchev–Trinajstić information content (AvgIpc) is 2.98. The zero-order valence-electron chi connectivity index (χ0n) is 12.8. The molecule has 0 fully saturated rings. The van der Waals surface area contributed by atoms with Gasteiger partial charge in [0.25, 0.3) is 0 Å². The van der Waals surface area contributed by atoms with E-state index in [-0.39, 0.29) is 12.4 Å². The standard InChI is InChI=1S/C18H16ClFN2OS/c19-15-5-1-14(2-6-15)12-24-18-21-17(11-23)10-22(18)9-13-3-7-16(20)8-4-13/h1-8,10,23H,9,11-12H2. The molecule has 3 aromatic rings. The molecule has 124 valence electrons. The van der Waals surface area contributed by atoms with Crippen LogP contribution in [0.1, 0.15) is 16.8 Å². The van der Waals surface area contributed by atoms with Gasteiger partial charge in [0.2, 0.25) is 0 Å². The Kier molecular flexibility index (Phi) is 5.56. The quantitative estimate of drug-likeness (QED) is 0.656. The van der Waals surface area contributed by atoms with Crippen molar-refractivity contribution in [2.45, 2.75) is 24.1 Å². The van der Waals surface area contributed by atoms with E-state index in [1.165, 1.54) is 12.1 Å². The third-order valence-electron chi connectivity index (χ3n) is 3.50. The molecule has 0 aliphatic rings. The molecule has 3 nitrogen and oxygen atoms in total. The number of hydrogen-bond acceptors (Lipinski definition) is 3. The van der Waals surface area contributed by atoms with E-state index in [4.69, 9.17) is 11.6 Å². The molecule has 0 spiro atoms. The van der Waals surface area contributed by atoms with Gasteiger partial charge in [0.15, 0.2) is 5.16 Å². The number of aliphatic hydroxyl groups excluding tert-OH is 1. The fourth-order valence-corrected chi connectivity index (χ4v) is 3.35. The van der Waals surface area contributed by atoms with Crippen molar-refractivity contribution in [1.29, 1.82) is 0 Å². The van der Waals surface area contributed by atoms with Gasteiger partial charge in [0, 0.05) is 23.5 Å². The van der Waals surface area contributed by atoms with Crippen LogP contribution in [0.2, 0.25) is 5.02 Å². The van der Waals surface area contributed by atoms with Crippen molar-refractivity contribution in [3.8, 4) is 0 Å². The summed E-state index contributed by atoms with van der Waals surface area (Å²) in [6.45, 7) is 0.473. The van der Waals surface area contributed by atoms with Crippen LogP contribution in [-0.2, 0) is 18.9 Å². The molecule has 0 atom stereocenters. The highest BCUT2D eigenvalue weighted by molar-refractivity contribution is 7.98. The summed E-state index contributed by atoms with van der Waals surface area (Å²) in [7, 11) is 0. The maximum atomic E-state index is 13.0. The molecule has 1 aromatic heterocycles. The van der Waals surface area contributed by atoms with Gasteiger partial charge in [-0.25, -0.2) is 9.37 Å². The first kappa shape index (κ1) is 17.0. The van der Waals surface area contributed by atoms with Gasteiger partial charge in [-0.1, -0.05) is 47.6 Å². The Hall–Kier alpha value is -1.82. The monoisotopic (exact) mass is 362 g/mol. The van der Waals surface area contributed by atoms with E-state index in [2.05, 4.69) is 4.98 Å². The van der Waals surface area contributed by atoms with E-state index < -0.39 is 0 Å². The van der Waals surface area contributed by atoms with Gasteiger partial charge in [0.1, 0.15) is 5.82 Å². The van der Waals surface area contributed by atoms with Gasteiger partial charge in [0.05, 0.1) is 12.3 Å². The van der Waals surface area contributed by atoms with Crippen LogP contribution in [0.4, 0.5) is 4.39 Å². The van der Waals surface area contributed by atoms with Crippen LogP contribution in [0.15, 0.2) is 59.9 Å². The molecule has 6 heteroatoms. The fraction of sp³-hybridized carbons (Fsp3) is 0.167. The van der Waals surface area contributed by atoms with Crippen molar-refractivity contribution in [2.75, 3.05) is 0 Å². The number of rotatable bonds is 6. The third kappa shape index (κ3) is 4.38. The minimum absolute atomic E-state index is 0.106. The Labute approximate surface area is 149 Å². The van der Waals surface area contributed by atoms with Crippen LogP contribution in [0.3, 0.4) is 0 Å². The predicted octanol–water partition coefficient (Wildman–Crippen LogP) is 4.51. The number of aliphatic hydroxyl groups is 1. The lowest BCUT2D eigenvalue weighted by atomic mass is 10.2. The van der Waals surface area contributed by atoms with Gasteiger partial charge < -0.3 is 9.67 Å². The number of imidazole rings is 1. The van der Waals surface area contributed by atoms with Crippen LogP contribution in [0.5, 0.6) is 0 Å². The number of benzene rings is 2. The van der Waals surface area contributed by atoms with Crippen molar-refractivity contribution < 1.29 is 9.50 Å². The second-order valence-electron chi connectivity index (χ2n) is 5.34. The second-order valence-corrected chi connectivity index (χ2v) is 6.72. The van der Waals surface area contributed by atoms with Crippen LogP contribution in [0, 0.1) is 5.82 Å². The maximum Gasteiger partial charge on any atom is 0.168 e. The summed E-state index contributed by atoms with van der Waals surface area (Å²) >= 11 is 7.49. The lowest BCUT2D eigenvalue weighted by Crippen LogP contribution is -2.00. The van der Waals surface area contributed by atoms with E-state index in [1.807, 2.05) is 35.0 Å². The normalized spacial score (nSPS) is 11.0. The molecule has 0 aliphatic heterocycles. The smallest absolute Gasteiger partial charge is 0.168 e. The molecule has 24 heavy (non-hydrogen) atoms. The van der Waals surface area contributed by atoms with Crippen LogP contribution >= 0.6 is 23.4 Å². The highest BCUT2D eigenvalue weighted by Gasteiger charge is 2.09. The molecule has 0 bridgehead atoms. The first-order chi connectivity index (χ1) is 11.6. The zero-order chi connectivity index (χ0) is 16.9. The summed E-state index contributed by atoms with van der Waals surface area (Å²) in [4.78, 5) is 4.45. The second kappa shape index (κ2) is 7.83.